The van der Waals surface area contributed by atoms with Gasteiger partial charge in [0.05, 0.1) is 0 Å². The lowest BCUT2D eigenvalue weighted by atomic mass is 10.1. The highest BCUT2D eigenvalue weighted by atomic mass is 16.4. The van der Waals surface area contributed by atoms with Crippen LogP contribution in [0.4, 0.5) is 4.79 Å². The third kappa shape index (κ3) is 4.10. The summed E-state index contributed by atoms with van der Waals surface area (Å²) in [6.07, 6.45) is 3.26. The number of hydrogen-bond donors (Lipinski definition) is 3. The molecule has 6 nitrogen and oxygen atoms in total. The lowest BCUT2D eigenvalue weighted by Gasteiger charge is -2.21. The number of rotatable bonds is 4. The molecule has 0 radical (unpaired) electrons. The molecular weight excluding hydrogens is 222 g/mol. The Hall–Kier alpha value is -2.11. The maximum absolute atomic E-state index is 11.4. The maximum atomic E-state index is 11.4. The van der Waals surface area contributed by atoms with E-state index in [4.69, 9.17) is 5.11 Å². The van der Waals surface area contributed by atoms with Gasteiger partial charge in [-0.3, -0.25) is 4.98 Å². The fourth-order valence-corrected chi connectivity index (χ4v) is 1.07. The van der Waals surface area contributed by atoms with Gasteiger partial charge in [-0.15, -0.1) is 0 Å². The number of nitrogens with one attached hydrogen (secondary N) is 2. The van der Waals surface area contributed by atoms with Crippen LogP contribution in [0.2, 0.25) is 0 Å². The Kier molecular flexibility index (Phi) is 4.03. The van der Waals surface area contributed by atoms with Crippen molar-refractivity contribution in [2.45, 2.75) is 25.9 Å². The van der Waals surface area contributed by atoms with E-state index in [-0.39, 0.29) is 0 Å². The van der Waals surface area contributed by atoms with E-state index < -0.39 is 17.5 Å². The molecule has 0 saturated carbocycles. The van der Waals surface area contributed by atoms with Crippen LogP contribution in [0, 0.1) is 0 Å². The van der Waals surface area contributed by atoms with Crippen molar-refractivity contribution in [2.24, 2.45) is 0 Å². The Balaban J connectivity index is 2.44. The van der Waals surface area contributed by atoms with Crippen molar-refractivity contribution in [1.82, 2.24) is 15.6 Å². The highest BCUT2D eigenvalue weighted by molar-refractivity contribution is 5.85. The molecule has 1 aromatic heterocycles. The van der Waals surface area contributed by atoms with Crippen LogP contribution in [0.5, 0.6) is 0 Å². The lowest BCUT2D eigenvalue weighted by molar-refractivity contribution is -0.142. The lowest BCUT2D eigenvalue weighted by Crippen LogP contribution is -2.52. The van der Waals surface area contributed by atoms with Crippen molar-refractivity contribution in [3.63, 3.8) is 0 Å². The summed E-state index contributed by atoms with van der Waals surface area (Å²) >= 11 is 0. The van der Waals surface area contributed by atoms with Crippen molar-refractivity contribution in [3.05, 3.63) is 30.1 Å². The van der Waals surface area contributed by atoms with Gasteiger partial charge in [-0.2, -0.15) is 0 Å². The molecule has 6 heteroatoms. The topological polar surface area (TPSA) is 91.3 Å². The van der Waals surface area contributed by atoms with Gasteiger partial charge in [-0.05, 0) is 25.5 Å². The molecule has 2 amide bonds. The van der Waals surface area contributed by atoms with E-state index in [1.54, 1.807) is 18.5 Å². The van der Waals surface area contributed by atoms with E-state index in [0.29, 0.717) is 6.54 Å². The van der Waals surface area contributed by atoms with E-state index >= 15 is 0 Å². The second-order valence-electron chi connectivity index (χ2n) is 4.10. The molecule has 0 fully saturated rings. The van der Waals surface area contributed by atoms with Gasteiger partial charge in [0.15, 0.2) is 0 Å². The van der Waals surface area contributed by atoms with Crippen LogP contribution >= 0.6 is 0 Å². The average molecular weight is 237 g/mol. The summed E-state index contributed by atoms with van der Waals surface area (Å²) in [6, 6.07) is 3.05. The summed E-state index contributed by atoms with van der Waals surface area (Å²) < 4.78 is 0. The van der Waals surface area contributed by atoms with Crippen LogP contribution in [0.1, 0.15) is 19.4 Å². The standard InChI is InChI=1S/C11H15N3O3/c1-11(2,9(15)16)14-10(17)13-7-8-4-3-5-12-6-8/h3-6H,7H2,1-2H3,(H,15,16)(H2,13,14,17). The molecule has 0 unspecified atom stereocenters. The van der Waals surface area contributed by atoms with Crippen LogP contribution < -0.4 is 10.6 Å². The summed E-state index contributed by atoms with van der Waals surface area (Å²) in [5.41, 5.74) is -0.449. The highest BCUT2D eigenvalue weighted by Crippen LogP contribution is 2.01. The second-order valence-corrected chi connectivity index (χ2v) is 4.10. The molecule has 1 aromatic rings. The first-order valence-electron chi connectivity index (χ1n) is 5.10. The number of carboxylic acids is 1. The van der Waals surface area contributed by atoms with Gasteiger partial charge in [-0.1, -0.05) is 6.07 Å². The van der Waals surface area contributed by atoms with Crippen LogP contribution in [0.25, 0.3) is 0 Å². The Morgan fingerprint density at radius 3 is 2.71 bits per heavy atom. The van der Waals surface area contributed by atoms with Gasteiger partial charge < -0.3 is 15.7 Å². The molecule has 1 heterocycles. The molecular formula is C11H15N3O3. The minimum Gasteiger partial charge on any atom is -0.480 e. The largest absolute Gasteiger partial charge is 0.480 e. The number of aromatic nitrogens is 1. The summed E-state index contributed by atoms with van der Waals surface area (Å²) in [5, 5.41) is 13.7. The van der Waals surface area contributed by atoms with E-state index in [0.717, 1.165) is 5.56 Å². The Labute approximate surface area is 99.1 Å². The first kappa shape index (κ1) is 13.0. The molecule has 0 bridgehead atoms. The normalized spacial score (nSPS) is 10.7. The van der Waals surface area contributed by atoms with Gasteiger partial charge in [0.2, 0.25) is 0 Å². The number of carbonyl (C=O) groups is 2. The summed E-state index contributed by atoms with van der Waals surface area (Å²) in [6.45, 7) is 3.13. The van der Waals surface area contributed by atoms with Crippen molar-refractivity contribution in [3.8, 4) is 0 Å². The number of carboxylic acid groups (broad SMARTS) is 1. The third-order valence-electron chi connectivity index (χ3n) is 2.14. The Bertz CT molecular complexity index is 404. The van der Waals surface area contributed by atoms with Crippen LogP contribution in [-0.2, 0) is 11.3 Å². The van der Waals surface area contributed by atoms with Crippen LogP contribution in [-0.4, -0.2) is 27.6 Å². The van der Waals surface area contributed by atoms with Crippen LogP contribution in [0.3, 0.4) is 0 Å². The smallest absolute Gasteiger partial charge is 0.328 e. The van der Waals surface area contributed by atoms with Gasteiger partial charge in [-0.25, -0.2) is 9.59 Å². The number of nitrogens with zero attached hydrogens (tertiary/aromatic N) is 1. The molecule has 0 aliphatic heterocycles. The first-order chi connectivity index (χ1) is 7.92. The number of urea groups is 1. The number of hydrogen-bond acceptors (Lipinski definition) is 3. The molecule has 0 aromatic carbocycles. The summed E-state index contributed by atoms with van der Waals surface area (Å²) in [5.74, 6) is -1.09. The molecule has 17 heavy (non-hydrogen) atoms. The van der Waals surface area contributed by atoms with Crippen molar-refractivity contribution < 1.29 is 14.7 Å². The van der Waals surface area contributed by atoms with Crippen molar-refractivity contribution in [2.75, 3.05) is 0 Å². The average Bonchev–Trinajstić information content (AvgIpc) is 2.27. The zero-order chi connectivity index (χ0) is 12.9. The molecule has 0 aliphatic carbocycles. The maximum Gasteiger partial charge on any atom is 0.328 e. The van der Waals surface area contributed by atoms with E-state index in [1.807, 2.05) is 6.07 Å². The predicted octanol–water partition coefficient (Wildman–Crippen LogP) is 0.744. The molecule has 3 N–H and O–H groups in total. The van der Waals surface area contributed by atoms with Gasteiger partial charge >= 0.3 is 12.0 Å². The van der Waals surface area contributed by atoms with E-state index in [9.17, 15) is 9.59 Å². The number of pyridine rings is 1. The van der Waals surface area contributed by atoms with Crippen molar-refractivity contribution in [1.29, 1.82) is 0 Å². The molecule has 0 aliphatic rings. The summed E-state index contributed by atoms with van der Waals surface area (Å²) in [4.78, 5) is 26.1. The quantitative estimate of drug-likeness (QED) is 0.720. The summed E-state index contributed by atoms with van der Waals surface area (Å²) in [7, 11) is 0. The minimum atomic E-state index is -1.29. The van der Waals surface area contributed by atoms with E-state index in [1.165, 1.54) is 13.8 Å². The molecule has 1 rings (SSSR count). The second kappa shape index (κ2) is 5.29. The predicted molar refractivity (Wildman–Crippen MR) is 61.3 cm³/mol. The first-order valence-corrected chi connectivity index (χ1v) is 5.10. The van der Waals surface area contributed by atoms with Crippen LogP contribution in [0.15, 0.2) is 24.5 Å². The third-order valence-corrected chi connectivity index (χ3v) is 2.14. The molecule has 0 atom stereocenters. The zero-order valence-corrected chi connectivity index (χ0v) is 9.73. The Morgan fingerprint density at radius 2 is 2.18 bits per heavy atom. The SMILES string of the molecule is CC(C)(NC(=O)NCc1cccnc1)C(=O)O. The monoisotopic (exact) mass is 237 g/mol. The van der Waals surface area contributed by atoms with Gasteiger partial charge in [0.25, 0.3) is 0 Å². The molecule has 92 valence electrons. The Morgan fingerprint density at radius 1 is 1.47 bits per heavy atom. The molecule has 0 saturated heterocycles. The number of carbonyl (C=O) groups excluding carboxylic acids is 1. The minimum absolute atomic E-state index is 0.301. The fraction of sp³-hybridized carbons (Fsp3) is 0.364. The fourth-order valence-electron chi connectivity index (χ4n) is 1.07. The van der Waals surface area contributed by atoms with Crippen molar-refractivity contribution >= 4 is 12.0 Å². The number of amides is 2. The highest BCUT2D eigenvalue weighted by Gasteiger charge is 2.28. The zero-order valence-electron chi connectivity index (χ0n) is 9.73. The number of aliphatic carboxylic acids is 1. The molecule has 0 spiro atoms. The van der Waals surface area contributed by atoms with E-state index in [2.05, 4.69) is 15.6 Å². The van der Waals surface area contributed by atoms with Gasteiger partial charge in [0.1, 0.15) is 5.54 Å². The van der Waals surface area contributed by atoms with Gasteiger partial charge in [0, 0.05) is 18.9 Å².